The van der Waals surface area contributed by atoms with Crippen molar-refractivity contribution in [1.29, 1.82) is 5.26 Å². The molecule has 4 nitrogen and oxygen atoms in total. The minimum absolute atomic E-state index is 0.274. The Morgan fingerprint density at radius 3 is 2.52 bits per heavy atom. The smallest absolute Gasteiger partial charge is 0.343 e. The van der Waals surface area contributed by atoms with Gasteiger partial charge in [-0.1, -0.05) is 11.6 Å². The summed E-state index contributed by atoms with van der Waals surface area (Å²) in [5.41, 5.74) is 0.816. The van der Waals surface area contributed by atoms with E-state index in [1.807, 2.05) is 13.0 Å². The summed E-state index contributed by atoms with van der Waals surface area (Å²) in [6.07, 6.45) is 0. The minimum Gasteiger partial charge on any atom is -0.490 e. The molecule has 2 aromatic rings. The number of benzene rings is 2. The summed E-state index contributed by atoms with van der Waals surface area (Å²) >= 11 is 5.77. The molecule has 21 heavy (non-hydrogen) atoms. The van der Waals surface area contributed by atoms with E-state index in [0.29, 0.717) is 28.5 Å². The number of carbonyl (C=O) groups is 1. The van der Waals surface area contributed by atoms with Gasteiger partial charge in [-0.2, -0.15) is 5.26 Å². The van der Waals surface area contributed by atoms with Gasteiger partial charge in [0, 0.05) is 11.1 Å². The first kappa shape index (κ1) is 14.9. The number of hydrogen-bond donors (Lipinski definition) is 0. The number of nitrogens with zero attached hydrogens (tertiary/aromatic N) is 1. The van der Waals surface area contributed by atoms with Crippen molar-refractivity contribution in [3.8, 4) is 17.6 Å². The van der Waals surface area contributed by atoms with E-state index < -0.39 is 5.97 Å². The molecule has 0 bridgehead atoms. The lowest BCUT2D eigenvalue weighted by Crippen LogP contribution is -2.09. The zero-order valence-electron chi connectivity index (χ0n) is 11.3. The van der Waals surface area contributed by atoms with E-state index in [9.17, 15) is 4.79 Å². The second kappa shape index (κ2) is 6.78. The maximum atomic E-state index is 12.1. The van der Waals surface area contributed by atoms with Crippen molar-refractivity contribution in [1.82, 2.24) is 0 Å². The molecule has 0 saturated carbocycles. The third-order valence-electron chi connectivity index (χ3n) is 2.66. The molecule has 0 aromatic heterocycles. The van der Waals surface area contributed by atoms with Gasteiger partial charge < -0.3 is 9.47 Å². The molecule has 0 spiro atoms. The fourth-order valence-corrected chi connectivity index (χ4v) is 1.80. The SMILES string of the molecule is CCOc1cc(C#N)ccc1OC(=O)c1ccc(Cl)cc1. The van der Waals surface area contributed by atoms with Gasteiger partial charge in [0.1, 0.15) is 0 Å². The van der Waals surface area contributed by atoms with Crippen molar-refractivity contribution >= 4 is 17.6 Å². The fraction of sp³-hybridized carbons (Fsp3) is 0.125. The fourth-order valence-electron chi connectivity index (χ4n) is 1.67. The third-order valence-corrected chi connectivity index (χ3v) is 2.91. The molecule has 0 N–H and O–H groups in total. The zero-order chi connectivity index (χ0) is 15.2. The highest BCUT2D eigenvalue weighted by Crippen LogP contribution is 2.29. The van der Waals surface area contributed by atoms with Crippen LogP contribution in [0.25, 0.3) is 0 Å². The van der Waals surface area contributed by atoms with Crippen molar-refractivity contribution < 1.29 is 14.3 Å². The first-order chi connectivity index (χ1) is 10.1. The molecule has 0 fully saturated rings. The van der Waals surface area contributed by atoms with E-state index >= 15 is 0 Å². The van der Waals surface area contributed by atoms with E-state index in [1.54, 1.807) is 30.3 Å². The average molecular weight is 302 g/mol. The number of ether oxygens (including phenoxy) is 2. The van der Waals surface area contributed by atoms with Gasteiger partial charge in [-0.05, 0) is 43.3 Å². The van der Waals surface area contributed by atoms with Crippen LogP contribution in [0.1, 0.15) is 22.8 Å². The second-order valence-electron chi connectivity index (χ2n) is 4.10. The number of carbonyl (C=O) groups excluding carboxylic acids is 1. The van der Waals surface area contributed by atoms with Crippen molar-refractivity contribution in [2.45, 2.75) is 6.92 Å². The number of halogens is 1. The molecule has 0 amide bonds. The van der Waals surface area contributed by atoms with Gasteiger partial charge in [-0.3, -0.25) is 0 Å². The van der Waals surface area contributed by atoms with Gasteiger partial charge in [0.2, 0.25) is 0 Å². The Labute approximate surface area is 127 Å². The van der Waals surface area contributed by atoms with E-state index in [4.69, 9.17) is 26.3 Å². The van der Waals surface area contributed by atoms with Crippen LogP contribution in [-0.4, -0.2) is 12.6 Å². The molecule has 2 aromatic carbocycles. The Bertz CT molecular complexity index is 690. The van der Waals surface area contributed by atoms with Gasteiger partial charge in [0.25, 0.3) is 0 Å². The number of rotatable bonds is 4. The first-order valence-corrected chi connectivity index (χ1v) is 6.66. The highest BCUT2D eigenvalue weighted by molar-refractivity contribution is 6.30. The van der Waals surface area contributed by atoms with Crippen LogP contribution < -0.4 is 9.47 Å². The molecule has 5 heteroatoms. The van der Waals surface area contributed by atoms with E-state index in [2.05, 4.69) is 0 Å². The Morgan fingerprint density at radius 1 is 1.19 bits per heavy atom. The van der Waals surface area contributed by atoms with E-state index in [0.717, 1.165) is 0 Å². The summed E-state index contributed by atoms with van der Waals surface area (Å²) in [6.45, 7) is 2.21. The van der Waals surface area contributed by atoms with Crippen molar-refractivity contribution in [2.24, 2.45) is 0 Å². The lowest BCUT2D eigenvalue weighted by Gasteiger charge is -2.10. The third kappa shape index (κ3) is 3.74. The van der Waals surface area contributed by atoms with Crippen LogP contribution in [0.5, 0.6) is 11.5 Å². The molecule has 0 aliphatic carbocycles. The van der Waals surface area contributed by atoms with Crippen molar-refractivity contribution in [2.75, 3.05) is 6.61 Å². The molecule has 0 saturated heterocycles. The highest BCUT2D eigenvalue weighted by Gasteiger charge is 2.13. The molecule has 106 valence electrons. The summed E-state index contributed by atoms with van der Waals surface area (Å²) in [4.78, 5) is 12.1. The highest BCUT2D eigenvalue weighted by atomic mass is 35.5. The summed E-state index contributed by atoms with van der Waals surface area (Å²) in [7, 11) is 0. The van der Waals surface area contributed by atoms with Crippen LogP contribution in [0.3, 0.4) is 0 Å². The summed E-state index contributed by atoms with van der Waals surface area (Å²) < 4.78 is 10.7. The van der Waals surface area contributed by atoms with Crippen LogP contribution >= 0.6 is 11.6 Å². The van der Waals surface area contributed by atoms with E-state index in [-0.39, 0.29) is 5.75 Å². The summed E-state index contributed by atoms with van der Waals surface area (Å²) in [6, 6.07) is 13.0. The molecular weight excluding hydrogens is 290 g/mol. The molecule has 2 rings (SSSR count). The second-order valence-corrected chi connectivity index (χ2v) is 4.54. The molecule has 0 aliphatic rings. The van der Waals surface area contributed by atoms with Crippen molar-refractivity contribution in [3.05, 3.63) is 58.6 Å². The summed E-state index contributed by atoms with van der Waals surface area (Å²) in [5.74, 6) is 0.118. The predicted molar refractivity (Wildman–Crippen MR) is 78.7 cm³/mol. The van der Waals surface area contributed by atoms with Crippen LogP contribution in [0.2, 0.25) is 5.02 Å². The lowest BCUT2D eigenvalue weighted by molar-refractivity contribution is 0.0728. The Morgan fingerprint density at radius 2 is 1.90 bits per heavy atom. The maximum Gasteiger partial charge on any atom is 0.343 e. The molecule has 0 heterocycles. The number of hydrogen-bond acceptors (Lipinski definition) is 4. The molecule has 0 atom stereocenters. The first-order valence-electron chi connectivity index (χ1n) is 6.28. The zero-order valence-corrected chi connectivity index (χ0v) is 12.1. The standard InChI is InChI=1S/C16H12ClNO3/c1-2-20-15-9-11(10-18)3-8-14(15)21-16(19)12-4-6-13(17)7-5-12/h3-9H,2H2,1H3. The summed E-state index contributed by atoms with van der Waals surface area (Å²) in [5, 5.41) is 9.42. The average Bonchev–Trinajstić information content (AvgIpc) is 2.49. The topological polar surface area (TPSA) is 59.3 Å². The molecular formula is C16H12ClNO3. The normalized spacial score (nSPS) is 9.76. The van der Waals surface area contributed by atoms with Gasteiger partial charge >= 0.3 is 5.97 Å². The molecule has 0 aliphatic heterocycles. The molecule has 0 radical (unpaired) electrons. The molecule has 0 unspecified atom stereocenters. The lowest BCUT2D eigenvalue weighted by atomic mass is 10.2. The van der Waals surface area contributed by atoms with Gasteiger partial charge in [-0.15, -0.1) is 0 Å². The Hall–Kier alpha value is -2.51. The monoisotopic (exact) mass is 301 g/mol. The van der Waals surface area contributed by atoms with Crippen LogP contribution in [0.15, 0.2) is 42.5 Å². The number of esters is 1. The van der Waals surface area contributed by atoms with E-state index in [1.165, 1.54) is 12.1 Å². The minimum atomic E-state index is -0.516. The van der Waals surface area contributed by atoms with Gasteiger partial charge in [0.15, 0.2) is 11.5 Å². The van der Waals surface area contributed by atoms with Crippen LogP contribution in [0.4, 0.5) is 0 Å². The van der Waals surface area contributed by atoms with Crippen LogP contribution in [0, 0.1) is 11.3 Å². The quantitative estimate of drug-likeness (QED) is 0.636. The van der Waals surface area contributed by atoms with Crippen molar-refractivity contribution in [3.63, 3.8) is 0 Å². The van der Waals surface area contributed by atoms with Gasteiger partial charge in [-0.25, -0.2) is 4.79 Å². The van der Waals surface area contributed by atoms with Crippen LogP contribution in [-0.2, 0) is 0 Å². The number of nitriles is 1. The Kier molecular flexibility index (Phi) is 4.81. The Balaban J connectivity index is 2.24. The van der Waals surface area contributed by atoms with Gasteiger partial charge in [0.05, 0.1) is 23.8 Å². The predicted octanol–water partition coefficient (Wildman–Crippen LogP) is 3.83. The maximum absolute atomic E-state index is 12.1. The largest absolute Gasteiger partial charge is 0.490 e.